The van der Waals surface area contributed by atoms with Gasteiger partial charge in [-0.25, -0.2) is 0 Å². The van der Waals surface area contributed by atoms with Gasteiger partial charge < -0.3 is 26.9 Å². The number of furan rings is 1. The van der Waals surface area contributed by atoms with Crippen molar-refractivity contribution in [2.24, 2.45) is 0 Å². The van der Waals surface area contributed by atoms with Gasteiger partial charge in [-0.1, -0.05) is 28.1 Å². The number of halogens is 2. The highest BCUT2D eigenvalue weighted by atomic mass is 79.9. The van der Waals surface area contributed by atoms with Gasteiger partial charge in [0.05, 0.1) is 12.6 Å². The van der Waals surface area contributed by atoms with Crippen molar-refractivity contribution in [3.05, 3.63) is 46.6 Å². The molecule has 3 rings (SSSR count). The standard InChI is InChI=1S/C16H18BrNO2.ClH/c17-13-5-3-12(4-6-13)16-8-7-15(20-16)11-18-10-14-2-1-9-19-14;/h3-8,14,18H,1-2,9-11H2;1H/p-1. The summed E-state index contributed by atoms with van der Waals surface area (Å²) in [4.78, 5) is 0. The van der Waals surface area contributed by atoms with Crippen LogP contribution >= 0.6 is 15.9 Å². The smallest absolute Gasteiger partial charge is 0.134 e. The average Bonchev–Trinajstić information content (AvgIpc) is 3.11. The van der Waals surface area contributed by atoms with E-state index in [4.69, 9.17) is 9.15 Å². The first-order chi connectivity index (χ1) is 9.81. The predicted octanol–water partition coefficient (Wildman–Crippen LogP) is 0.982. The summed E-state index contributed by atoms with van der Waals surface area (Å²) in [5.41, 5.74) is 1.10. The first kappa shape index (κ1) is 16.6. The molecule has 1 aromatic heterocycles. The molecule has 0 radical (unpaired) electrons. The number of benzene rings is 1. The van der Waals surface area contributed by atoms with Crippen molar-refractivity contribution < 1.29 is 21.6 Å². The van der Waals surface area contributed by atoms with E-state index in [2.05, 4.69) is 21.2 Å². The minimum atomic E-state index is 0. The van der Waals surface area contributed by atoms with E-state index < -0.39 is 0 Å². The molecule has 1 unspecified atom stereocenters. The minimum absolute atomic E-state index is 0. The van der Waals surface area contributed by atoms with Crippen LogP contribution in [0.4, 0.5) is 0 Å². The Balaban J connectivity index is 0.00000161. The summed E-state index contributed by atoms with van der Waals surface area (Å²) in [6, 6.07) is 12.2. The fraction of sp³-hybridized carbons (Fsp3) is 0.375. The molecule has 114 valence electrons. The van der Waals surface area contributed by atoms with E-state index in [0.717, 1.165) is 47.7 Å². The van der Waals surface area contributed by atoms with Crippen LogP contribution in [0.3, 0.4) is 0 Å². The Labute approximate surface area is 139 Å². The van der Waals surface area contributed by atoms with E-state index in [-0.39, 0.29) is 12.4 Å². The molecule has 2 aromatic rings. The van der Waals surface area contributed by atoms with E-state index in [1.807, 2.05) is 36.4 Å². The molecule has 1 aliphatic rings. The summed E-state index contributed by atoms with van der Waals surface area (Å²) in [6.45, 7) is 2.55. The molecule has 1 saturated heterocycles. The molecule has 1 N–H and O–H groups in total. The normalized spacial score (nSPS) is 17.7. The van der Waals surface area contributed by atoms with Gasteiger partial charge in [0, 0.05) is 23.2 Å². The Morgan fingerprint density at radius 3 is 2.67 bits per heavy atom. The molecule has 0 spiro atoms. The van der Waals surface area contributed by atoms with Gasteiger partial charge >= 0.3 is 0 Å². The Morgan fingerprint density at radius 2 is 1.95 bits per heavy atom. The molecule has 1 atom stereocenters. The summed E-state index contributed by atoms with van der Waals surface area (Å²) >= 11 is 3.44. The van der Waals surface area contributed by atoms with E-state index in [9.17, 15) is 0 Å². The Hall–Kier alpha value is -0.810. The molecule has 0 bridgehead atoms. The number of hydrogen-bond donors (Lipinski definition) is 1. The predicted molar refractivity (Wildman–Crippen MR) is 82.5 cm³/mol. The lowest BCUT2D eigenvalue weighted by Crippen LogP contribution is -3.00. The van der Waals surface area contributed by atoms with E-state index in [1.165, 1.54) is 6.42 Å². The number of nitrogens with one attached hydrogen (secondary N) is 1. The summed E-state index contributed by atoms with van der Waals surface area (Å²) < 4.78 is 12.5. The zero-order chi connectivity index (χ0) is 13.8. The topological polar surface area (TPSA) is 34.4 Å². The fourth-order valence-corrected chi connectivity index (χ4v) is 2.67. The van der Waals surface area contributed by atoms with Gasteiger partial charge in [-0.3, -0.25) is 0 Å². The quantitative estimate of drug-likeness (QED) is 0.851. The Morgan fingerprint density at radius 1 is 1.14 bits per heavy atom. The highest BCUT2D eigenvalue weighted by molar-refractivity contribution is 9.10. The minimum Gasteiger partial charge on any atom is -1.00 e. The van der Waals surface area contributed by atoms with Gasteiger partial charge in [-0.05, 0) is 37.1 Å². The molecular formula is C16H18BrClNO2-. The fourth-order valence-electron chi connectivity index (χ4n) is 2.40. The van der Waals surface area contributed by atoms with E-state index in [1.54, 1.807) is 0 Å². The van der Waals surface area contributed by atoms with Crippen LogP contribution in [0.2, 0.25) is 0 Å². The summed E-state index contributed by atoms with van der Waals surface area (Å²) in [6.07, 6.45) is 2.71. The zero-order valence-corrected chi connectivity index (χ0v) is 14.0. The molecule has 3 nitrogen and oxygen atoms in total. The van der Waals surface area contributed by atoms with Crippen LogP contribution in [0.5, 0.6) is 0 Å². The van der Waals surface area contributed by atoms with Crippen LogP contribution in [0.15, 0.2) is 45.3 Å². The summed E-state index contributed by atoms with van der Waals surface area (Å²) in [5, 5.41) is 3.39. The highest BCUT2D eigenvalue weighted by Gasteiger charge is 2.14. The number of ether oxygens (including phenoxy) is 1. The summed E-state index contributed by atoms with van der Waals surface area (Å²) in [7, 11) is 0. The third-order valence-corrected chi connectivity index (χ3v) is 4.01. The van der Waals surface area contributed by atoms with Crippen LogP contribution < -0.4 is 17.7 Å². The van der Waals surface area contributed by atoms with E-state index in [0.29, 0.717) is 6.10 Å². The molecule has 1 fully saturated rings. The zero-order valence-electron chi connectivity index (χ0n) is 11.6. The van der Waals surface area contributed by atoms with Gasteiger partial charge in [0.2, 0.25) is 0 Å². The second-order valence-electron chi connectivity index (χ2n) is 5.04. The van der Waals surface area contributed by atoms with Crippen molar-refractivity contribution in [2.45, 2.75) is 25.5 Å². The lowest BCUT2D eigenvalue weighted by molar-refractivity contribution is -0.00000587. The molecule has 1 aromatic carbocycles. The molecule has 0 saturated carbocycles. The molecule has 5 heteroatoms. The Bertz CT molecular complexity index is 550. The van der Waals surface area contributed by atoms with Gasteiger partial charge in [-0.15, -0.1) is 0 Å². The van der Waals surface area contributed by atoms with Crippen molar-refractivity contribution in [3.8, 4) is 11.3 Å². The van der Waals surface area contributed by atoms with Crippen molar-refractivity contribution in [1.29, 1.82) is 0 Å². The van der Waals surface area contributed by atoms with Crippen LogP contribution in [-0.4, -0.2) is 19.3 Å². The average molecular weight is 372 g/mol. The van der Waals surface area contributed by atoms with Gasteiger partial charge in [-0.2, -0.15) is 0 Å². The van der Waals surface area contributed by atoms with Crippen molar-refractivity contribution >= 4 is 15.9 Å². The van der Waals surface area contributed by atoms with Gasteiger partial charge in [0.25, 0.3) is 0 Å². The number of hydrogen-bond acceptors (Lipinski definition) is 3. The maximum atomic E-state index is 5.86. The maximum Gasteiger partial charge on any atom is 0.134 e. The van der Waals surface area contributed by atoms with Crippen molar-refractivity contribution in [1.82, 2.24) is 5.32 Å². The molecule has 2 heterocycles. The second kappa shape index (κ2) is 7.99. The molecule has 21 heavy (non-hydrogen) atoms. The maximum absolute atomic E-state index is 5.86. The summed E-state index contributed by atoms with van der Waals surface area (Å²) in [5.74, 6) is 1.87. The first-order valence-corrected chi connectivity index (χ1v) is 7.77. The SMILES string of the molecule is Brc1ccc(-c2ccc(CNCC3CCCO3)o2)cc1.[Cl-]. The van der Waals surface area contributed by atoms with E-state index >= 15 is 0 Å². The van der Waals surface area contributed by atoms with Crippen molar-refractivity contribution in [2.75, 3.05) is 13.2 Å². The lowest BCUT2D eigenvalue weighted by Gasteiger charge is -2.09. The first-order valence-electron chi connectivity index (χ1n) is 6.98. The lowest BCUT2D eigenvalue weighted by atomic mass is 10.2. The molecule has 0 aliphatic carbocycles. The molecular weight excluding hydrogens is 354 g/mol. The second-order valence-corrected chi connectivity index (χ2v) is 5.95. The van der Waals surface area contributed by atoms with Crippen molar-refractivity contribution in [3.63, 3.8) is 0 Å². The largest absolute Gasteiger partial charge is 1.00 e. The Kier molecular flexibility index (Phi) is 6.30. The van der Waals surface area contributed by atoms with Gasteiger partial charge in [0.1, 0.15) is 11.5 Å². The van der Waals surface area contributed by atoms with Gasteiger partial charge in [0.15, 0.2) is 0 Å². The molecule has 0 amide bonds. The monoisotopic (exact) mass is 370 g/mol. The third-order valence-electron chi connectivity index (χ3n) is 3.49. The number of rotatable bonds is 5. The van der Waals surface area contributed by atoms with Crippen LogP contribution in [0, 0.1) is 0 Å². The third kappa shape index (κ3) is 4.58. The van der Waals surface area contributed by atoms with Crippen LogP contribution in [-0.2, 0) is 11.3 Å². The van der Waals surface area contributed by atoms with Crippen LogP contribution in [0.25, 0.3) is 11.3 Å². The van der Waals surface area contributed by atoms with Crippen LogP contribution in [0.1, 0.15) is 18.6 Å². The highest BCUT2D eigenvalue weighted by Crippen LogP contribution is 2.24. The molecule has 1 aliphatic heterocycles.